The molecule has 0 fully saturated rings. The molecule has 2 aromatic rings. The minimum atomic E-state index is 0.166. The number of thioether (sulfide) groups is 2. The molecule has 0 heterocycles. The van der Waals surface area contributed by atoms with Crippen molar-refractivity contribution in [1.29, 1.82) is 0 Å². The Morgan fingerprint density at radius 2 is 1.50 bits per heavy atom. The Hall–Kier alpha value is -0.931. The first-order valence-corrected chi connectivity index (χ1v) is 12.2. The second kappa shape index (κ2) is 10.1. The second-order valence-electron chi connectivity index (χ2n) is 5.25. The molecule has 2 aromatic carbocycles. The fourth-order valence-electron chi connectivity index (χ4n) is 2.56. The van der Waals surface area contributed by atoms with Crippen LogP contribution in [0.2, 0.25) is 5.32 Å². The van der Waals surface area contributed by atoms with Crippen LogP contribution < -0.4 is 4.46 Å². The standard InChI is InChI=1S/C20H22OS2Se/c1-15(21)19(20(22-2)23-3)18(16-10-6-4-7-11-16)14-24-17-12-8-5-9-13-17/h4-13,18H,14H2,1-3H3. The van der Waals surface area contributed by atoms with Crippen molar-refractivity contribution in [2.75, 3.05) is 12.5 Å². The molecule has 0 N–H and O–H groups in total. The molecular weight excluding hydrogens is 399 g/mol. The normalized spacial score (nSPS) is 11.8. The van der Waals surface area contributed by atoms with Gasteiger partial charge >= 0.3 is 160 Å². The van der Waals surface area contributed by atoms with Gasteiger partial charge in [-0.3, -0.25) is 0 Å². The van der Waals surface area contributed by atoms with Crippen molar-refractivity contribution in [3.8, 4) is 0 Å². The first kappa shape index (κ1) is 19.4. The SMILES string of the molecule is CSC(SC)=C(C(C)=O)C(C[Se]c1ccccc1)c1ccccc1. The van der Waals surface area contributed by atoms with Crippen LogP contribution in [0.5, 0.6) is 0 Å². The van der Waals surface area contributed by atoms with Gasteiger partial charge in [0.2, 0.25) is 0 Å². The number of hydrogen-bond acceptors (Lipinski definition) is 3. The minimum absolute atomic E-state index is 0.166. The molecule has 24 heavy (non-hydrogen) atoms. The fraction of sp³-hybridized carbons (Fsp3) is 0.250. The summed E-state index contributed by atoms with van der Waals surface area (Å²) >= 11 is 3.70. The first-order valence-electron chi connectivity index (χ1n) is 7.73. The van der Waals surface area contributed by atoms with E-state index in [2.05, 4.69) is 67.1 Å². The molecule has 1 nitrogen and oxygen atoms in total. The number of Topliss-reactive ketones (excluding diaryl/α,β-unsaturated/α-hetero) is 1. The molecule has 0 aliphatic rings. The van der Waals surface area contributed by atoms with Gasteiger partial charge in [0.15, 0.2) is 0 Å². The summed E-state index contributed by atoms with van der Waals surface area (Å²) in [5.74, 6) is 0.352. The van der Waals surface area contributed by atoms with Crippen LogP contribution in [0.4, 0.5) is 0 Å². The Labute approximate surface area is 159 Å². The molecule has 2 rings (SSSR count). The third-order valence-corrected chi connectivity index (χ3v) is 8.18. The maximum atomic E-state index is 12.5. The third kappa shape index (κ3) is 5.29. The second-order valence-corrected chi connectivity index (χ2v) is 9.44. The maximum absolute atomic E-state index is 12.5. The molecule has 0 aromatic heterocycles. The molecular formula is C20H22OS2Se. The van der Waals surface area contributed by atoms with E-state index in [1.54, 1.807) is 30.4 Å². The predicted molar refractivity (Wildman–Crippen MR) is 111 cm³/mol. The van der Waals surface area contributed by atoms with Gasteiger partial charge in [0.25, 0.3) is 0 Å². The molecule has 0 saturated heterocycles. The van der Waals surface area contributed by atoms with Gasteiger partial charge in [-0.15, -0.1) is 0 Å². The summed E-state index contributed by atoms with van der Waals surface area (Å²) in [5, 5.41) is 1.00. The van der Waals surface area contributed by atoms with Crippen molar-refractivity contribution < 1.29 is 4.79 Å². The van der Waals surface area contributed by atoms with E-state index >= 15 is 0 Å². The molecule has 0 spiro atoms. The summed E-state index contributed by atoms with van der Waals surface area (Å²) in [6, 6.07) is 21.0. The summed E-state index contributed by atoms with van der Waals surface area (Å²) in [6.45, 7) is 1.70. The van der Waals surface area contributed by atoms with E-state index in [0.29, 0.717) is 15.0 Å². The van der Waals surface area contributed by atoms with E-state index in [1.165, 1.54) is 10.0 Å². The van der Waals surface area contributed by atoms with E-state index in [0.717, 1.165) is 15.1 Å². The summed E-state index contributed by atoms with van der Waals surface area (Å²) in [7, 11) is 0. The Morgan fingerprint density at radius 3 is 2.00 bits per heavy atom. The number of carbonyl (C=O) groups excluding carboxylic acids is 1. The van der Waals surface area contributed by atoms with Crippen LogP contribution in [0.3, 0.4) is 0 Å². The van der Waals surface area contributed by atoms with Crippen molar-refractivity contribution >= 4 is 48.7 Å². The zero-order valence-electron chi connectivity index (χ0n) is 14.2. The zero-order valence-corrected chi connectivity index (χ0v) is 17.5. The number of ketones is 1. The Morgan fingerprint density at radius 1 is 0.958 bits per heavy atom. The van der Waals surface area contributed by atoms with Gasteiger partial charge in [-0.25, -0.2) is 0 Å². The number of allylic oxidation sites excluding steroid dienone is 1. The molecule has 0 amide bonds. The average Bonchev–Trinajstić information content (AvgIpc) is 2.62. The van der Waals surface area contributed by atoms with Crippen LogP contribution in [0, 0.1) is 0 Å². The van der Waals surface area contributed by atoms with E-state index in [4.69, 9.17) is 0 Å². The summed E-state index contributed by atoms with van der Waals surface area (Å²) < 4.78 is 2.52. The van der Waals surface area contributed by atoms with Crippen LogP contribution in [0.15, 0.2) is 70.5 Å². The molecule has 1 atom stereocenters. The van der Waals surface area contributed by atoms with Crippen molar-refractivity contribution in [2.24, 2.45) is 0 Å². The Bertz CT molecular complexity index is 677. The molecule has 1 unspecified atom stereocenters. The van der Waals surface area contributed by atoms with Crippen LogP contribution in [-0.2, 0) is 4.79 Å². The van der Waals surface area contributed by atoms with Gasteiger partial charge in [0, 0.05) is 0 Å². The van der Waals surface area contributed by atoms with Gasteiger partial charge in [0.05, 0.1) is 0 Å². The van der Waals surface area contributed by atoms with Crippen LogP contribution in [0.1, 0.15) is 18.4 Å². The molecule has 4 heteroatoms. The van der Waals surface area contributed by atoms with Crippen LogP contribution in [-0.4, -0.2) is 33.3 Å². The van der Waals surface area contributed by atoms with Crippen molar-refractivity contribution in [3.63, 3.8) is 0 Å². The van der Waals surface area contributed by atoms with E-state index in [-0.39, 0.29) is 11.7 Å². The molecule has 0 radical (unpaired) electrons. The Kier molecular flexibility index (Phi) is 8.20. The molecule has 0 bridgehead atoms. The number of hydrogen-bond donors (Lipinski definition) is 0. The van der Waals surface area contributed by atoms with E-state index in [9.17, 15) is 4.79 Å². The number of carbonyl (C=O) groups is 1. The monoisotopic (exact) mass is 422 g/mol. The average molecular weight is 421 g/mol. The van der Waals surface area contributed by atoms with Gasteiger partial charge in [-0.1, -0.05) is 0 Å². The molecule has 126 valence electrons. The van der Waals surface area contributed by atoms with Gasteiger partial charge in [-0.05, 0) is 0 Å². The third-order valence-electron chi connectivity index (χ3n) is 3.68. The summed E-state index contributed by atoms with van der Waals surface area (Å²) in [6.07, 6.45) is 4.11. The van der Waals surface area contributed by atoms with Crippen LogP contribution in [0.25, 0.3) is 0 Å². The molecule has 0 aliphatic heterocycles. The van der Waals surface area contributed by atoms with Crippen molar-refractivity contribution in [1.82, 2.24) is 0 Å². The van der Waals surface area contributed by atoms with Crippen molar-refractivity contribution in [2.45, 2.75) is 18.2 Å². The number of rotatable bonds is 8. The molecule has 0 aliphatic carbocycles. The van der Waals surface area contributed by atoms with Crippen molar-refractivity contribution in [3.05, 3.63) is 76.0 Å². The predicted octanol–water partition coefficient (Wildman–Crippen LogP) is 4.74. The number of benzene rings is 2. The zero-order chi connectivity index (χ0) is 17.4. The molecule has 0 saturated carbocycles. The Balaban J connectivity index is 2.38. The summed E-state index contributed by atoms with van der Waals surface area (Å²) in [4.78, 5) is 12.5. The summed E-state index contributed by atoms with van der Waals surface area (Å²) in [5.41, 5.74) is 2.21. The quantitative estimate of drug-likeness (QED) is 0.453. The van der Waals surface area contributed by atoms with E-state index in [1.807, 2.05) is 6.07 Å². The first-order chi connectivity index (χ1) is 11.7. The van der Waals surface area contributed by atoms with Crippen LogP contribution >= 0.6 is 23.5 Å². The topological polar surface area (TPSA) is 17.1 Å². The van der Waals surface area contributed by atoms with E-state index < -0.39 is 0 Å². The van der Waals surface area contributed by atoms with Gasteiger partial charge < -0.3 is 0 Å². The fourth-order valence-corrected chi connectivity index (χ4v) is 6.48. The van der Waals surface area contributed by atoms with Gasteiger partial charge in [-0.2, -0.15) is 0 Å². The van der Waals surface area contributed by atoms with Gasteiger partial charge in [0.1, 0.15) is 0 Å².